The fourth-order valence-electron chi connectivity index (χ4n) is 3.50. The predicted molar refractivity (Wildman–Crippen MR) is 104 cm³/mol. The van der Waals surface area contributed by atoms with Gasteiger partial charge in [-0.15, -0.1) is 12.4 Å². The molecule has 1 amide bonds. The van der Waals surface area contributed by atoms with E-state index in [-0.39, 0.29) is 23.3 Å². The van der Waals surface area contributed by atoms with E-state index < -0.39 is 11.9 Å². The van der Waals surface area contributed by atoms with Gasteiger partial charge in [-0.1, -0.05) is 23.2 Å². The van der Waals surface area contributed by atoms with Crippen LogP contribution in [-0.2, 0) is 9.53 Å². The van der Waals surface area contributed by atoms with Crippen molar-refractivity contribution in [2.75, 3.05) is 32.8 Å². The first kappa shape index (κ1) is 21.7. The van der Waals surface area contributed by atoms with Gasteiger partial charge in [0, 0.05) is 23.6 Å². The number of hydrogen-bond acceptors (Lipinski definition) is 3. The molecule has 1 atom stereocenters. The monoisotopic (exact) mass is 424 g/mol. The number of carbonyl (C=O) groups is 1. The SMILES string of the molecule is Cl.O=C(CCC1CCNCC1)N1CCOC(c2cc(F)c(Cl)cc2Cl)C1. The van der Waals surface area contributed by atoms with Crippen LogP contribution in [0.4, 0.5) is 4.39 Å². The third-order valence-corrected chi connectivity index (χ3v) is 5.65. The summed E-state index contributed by atoms with van der Waals surface area (Å²) >= 11 is 11.9. The fourth-order valence-corrected chi connectivity index (χ4v) is 4.01. The van der Waals surface area contributed by atoms with Gasteiger partial charge >= 0.3 is 0 Å². The van der Waals surface area contributed by atoms with Gasteiger partial charge in [0.25, 0.3) is 0 Å². The van der Waals surface area contributed by atoms with Crippen molar-refractivity contribution < 1.29 is 13.9 Å². The molecule has 3 rings (SSSR count). The molecule has 0 radical (unpaired) electrons. The first-order chi connectivity index (χ1) is 12.0. The van der Waals surface area contributed by atoms with Gasteiger partial charge in [0.15, 0.2) is 0 Å². The van der Waals surface area contributed by atoms with Gasteiger partial charge < -0.3 is 15.0 Å². The molecule has 146 valence electrons. The Morgan fingerprint density at radius 2 is 2.00 bits per heavy atom. The van der Waals surface area contributed by atoms with Crippen LogP contribution < -0.4 is 5.32 Å². The summed E-state index contributed by atoms with van der Waals surface area (Å²) < 4.78 is 19.5. The van der Waals surface area contributed by atoms with Crippen LogP contribution in [0.15, 0.2) is 12.1 Å². The molecule has 2 aliphatic heterocycles. The summed E-state index contributed by atoms with van der Waals surface area (Å²) in [6.07, 6.45) is 3.34. The van der Waals surface area contributed by atoms with Crippen LogP contribution in [0.5, 0.6) is 0 Å². The first-order valence-corrected chi connectivity index (χ1v) is 9.54. The van der Waals surface area contributed by atoms with Crippen molar-refractivity contribution in [3.63, 3.8) is 0 Å². The normalized spacial score (nSPS) is 21.3. The van der Waals surface area contributed by atoms with E-state index in [9.17, 15) is 9.18 Å². The average molecular weight is 426 g/mol. The Balaban J connectivity index is 0.00000243. The molecule has 1 aromatic carbocycles. The maximum atomic E-state index is 13.8. The van der Waals surface area contributed by atoms with Crippen LogP contribution in [0.1, 0.15) is 37.4 Å². The zero-order valence-electron chi connectivity index (χ0n) is 14.5. The number of benzene rings is 1. The summed E-state index contributed by atoms with van der Waals surface area (Å²) in [5.74, 6) is 0.234. The van der Waals surface area contributed by atoms with Gasteiger partial charge in [-0.05, 0) is 50.4 Å². The molecular weight excluding hydrogens is 402 g/mol. The number of ether oxygens (including phenoxy) is 1. The van der Waals surface area contributed by atoms with E-state index >= 15 is 0 Å². The van der Waals surface area contributed by atoms with Gasteiger partial charge in [0.2, 0.25) is 5.91 Å². The van der Waals surface area contributed by atoms with E-state index in [1.807, 2.05) is 0 Å². The second-order valence-corrected chi connectivity index (χ2v) is 7.53. The zero-order valence-corrected chi connectivity index (χ0v) is 16.8. The summed E-state index contributed by atoms with van der Waals surface area (Å²) in [4.78, 5) is 14.4. The molecule has 2 aliphatic rings. The van der Waals surface area contributed by atoms with E-state index in [4.69, 9.17) is 27.9 Å². The van der Waals surface area contributed by atoms with Crippen molar-refractivity contribution in [1.82, 2.24) is 10.2 Å². The lowest BCUT2D eigenvalue weighted by molar-refractivity contribution is -0.139. The number of nitrogens with zero attached hydrogens (tertiary/aromatic N) is 1. The van der Waals surface area contributed by atoms with Crippen LogP contribution in [0.2, 0.25) is 10.0 Å². The Morgan fingerprint density at radius 3 is 2.73 bits per heavy atom. The number of rotatable bonds is 4. The lowest BCUT2D eigenvalue weighted by atomic mass is 9.93. The van der Waals surface area contributed by atoms with Crippen LogP contribution in [0.25, 0.3) is 0 Å². The Labute approximate surface area is 169 Å². The van der Waals surface area contributed by atoms with E-state index in [0.29, 0.717) is 42.6 Å². The molecule has 1 N–H and O–H groups in total. The summed E-state index contributed by atoms with van der Waals surface area (Å²) in [7, 11) is 0. The minimum atomic E-state index is -0.529. The number of halogens is 4. The summed E-state index contributed by atoms with van der Waals surface area (Å²) in [6.45, 7) is 3.46. The van der Waals surface area contributed by atoms with Gasteiger partial charge in [-0.3, -0.25) is 4.79 Å². The Hall–Kier alpha value is -0.590. The second-order valence-electron chi connectivity index (χ2n) is 6.72. The lowest BCUT2D eigenvalue weighted by Crippen LogP contribution is -2.42. The number of carbonyl (C=O) groups excluding carboxylic acids is 1. The van der Waals surface area contributed by atoms with Gasteiger partial charge in [0.05, 0.1) is 18.2 Å². The number of amides is 1. The fraction of sp³-hybridized carbons (Fsp3) is 0.611. The second kappa shape index (κ2) is 10.1. The molecular formula is C18H24Cl3FN2O2. The van der Waals surface area contributed by atoms with Crippen molar-refractivity contribution in [2.45, 2.75) is 31.8 Å². The van der Waals surface area contributed by atoms with Crippen LogP contribution in [0.3, 0.4) is 0 Å². The van der Waals surface area contributed by atoms with Gasteiger partial charge in [-0.25, -0.2) is 4.39 Å². The highest BCUT2D eigenvalue weighted by atomic mass is 35.5. The van der Waals surface area contributed by atoms with E-state index in [0.717, 1.165) is 32.4 Å². The van der Waals surface area contributed by atoms with Crippen LogP contribution in [-0.4, -0.2) is 43.6 Å². The highest BCUT2D eigenvalue weighted by Gasteiger charge is 2.28. The molecule has 0 aromatic heterocycles. The third-order valence-electron chi connectivity index (χ3n) is 5.03. The van der Waals surface area contributed by atoms with Crippen LogP contribution >= 0.6 is 35.6 Å². The molecule has 4 nitrogen and oxygen atoms in total. The maximum Gasteiger partial charge on any atom is 0.222 e. The van der Waals surface area contributed by atoms with Crippen molar-refractivity contribution in [2.24, 2.45) is 5.92 Å². The topological polar surface area (TPSA) is 41.6 Å². The smallest absolute Gasteiger partial charge is 0.222 e. The summed E-state index contributed by atoms with van der Waals surface area (Å²) in [5, 5.41) is 3.69. The molecule has 1 unspecified atom stereocenters. The third kappa shape index (κ3) is 5.46. The van der Waals surface area contributed by atoms with Crippen LogP contribution in [0, 0.1) is 11.7 Å². The van der Waals surface area contributed by atoms with Crippen molar-refractivity contribution in [1.29, 1.82) is 0 Å². The van der Waals surface area contributed by atoms with Crippen molar-refractivity contribution >= 4 is 41.5 Å². The summed E-state index contributed by atoms with van der Waals surface area (Å²) in [6, 6.07) is 2.69. The maximum absolute atomic E-state index is 13.8. The Morgan fingerprint density at radius 1 is 1.27 bits per heavy atom. The molecule has 1 aromatic rings. The van der Waals surface area contributed by atoms with E-state index in [2.05, 4.69) is 5.32 Å². The zero-order chi connectivity index (χ0) is 17.8. The number of nitrogens with one attached hydrogen (secondary N) is 1. The average Bonchev–Trinajstić information content (AvgIpc) is 2.63. The highest BCUT2D eigenvalue weighted by Crippen LogP contribution is 2.32. The standard InChI is InChI=1S/C18H23Cl2FN2O2.ClH/c19-14-10-15(20)16(21)9-13(14)17-11-23(7-8-25-17)18(24)2-1-12-3-5-22-6-4-12;/h9-10,12,17,22H,1-8,11H2;1H. The van der Waals surface area contributed by atoms with Gasteiger partial charge in [0.1, 0.15) is 11.9 Å². The molecule has 0 spiro atoms. The molecule has 0 aliphatic carbocycles. The van der Waals surface area contributed by atoms with Crippen molar-refractivity contribution in [3.05, 3.63) is 33.6 Å². The Bertz CT molecular complexity index is 627. The van der Waals surface area contributed by atoms with E-state index in [1.165, 1.54) is 12.1 Å². The number of hydrogen-bond donors (Lipinski definition) is 1. The first-order valence-electron chi connectivity index (χ1n) is 8.79. The number of morpholine rings is 1. The predicted octanol–water partition coefficient (Wildman–Crippen LogP) is 4.23. The largest absolute Gasteiger partial charge is 0.370 e. The van der Waals surface area contributed by atoms with Crippen molar-refractivity contribution in [3.8, 4) is 0 Å². The molecule has 0 bridgehead atoms. The highest BCUT2D eigenvalue weighted by molar-refractivity contribution is 6.35. The Kier molecular flexibility index (Phi) is 8.42. The molecule has 8 heteroatoms. The minimum Gasteiger partial charge on any atom is -0.370 e. The summed E-state index contributed by atoms with van der Waals surface area (Å²) in [5.41, 5.74) is 0.541. The lowest BCUT2D eigenvalue weighted by Gasteiger charge is -2.34. The molecule has 0 saturated carbocycles. The number of piperidine rings is 1. The molecule has 2 saturated heterocycles. The molecule has 26 heavy (non-hydrogen) atoms. The molecule has 2 heterocycles. The van der Waals surface area contributed by atoms with E-state index in [1.54, 1.807) is 4.90 Å². The minimum absolute atomic E-state index is 0. The molecule has 2 fully saturated rings. The van der Waals surface area contributed by atoms with Gasteiger partial charge in [-0.2, -0.15) is 0 Å². The quantitative estimate of drug-likeness (QED) is 0.734.